The van der Waals surface area contributed by atoms with Crippen LogP contribution in [-0.2, 0) is 6.54 Å². The van der Waals surface area contributed by atoms with Gasteiger partial charge in [-0.1, -0.05) is 12.1 Å². The number of rotatable bonds is 3. The molecule has 2 N–H and O–H groups in total. The molecule has 0 aliphatic carbocycles. The first-order valence-corrected chi connectivity index (χ1v) is 5.68. The zero-order valence-corrected chi connectivity index (χ0v) is 9.99. The molecule has 0 radical (unpaired) electrons. The maximum atomic E-state index is 12.9. The Morgan fingerprint density at radius 3 is 2.42 bits per heavy atom. The number of urea groups is 1. The summed E-state index contributed by atoms with van der Waals surface area (Å²) < 4.78 is 25.6. The van der Waals surface area contributed by atoms with E-state index in [-0.39, 0.29) is 18.2 Å². The van der Waals surface area contributed by atoms with Gasteiger partial charge in [0.1, 0.15) is 11.6 Å². The molecule has 2 aromatic carbocycles. The van der Waals surface area contributed by atoms with Gasteiger partial charge in [-0.15, -0.1) is 0 Å². The molecule has 0 aliphatic rings. The topological polar surface area (TPSA) is 41.1 Å². The van der Waals surface area contributed by atoms with E-state index in [1.54, 1.807) is 12.1 Å². The number of hydrogen-bond acceptors (Lipinski definition) is 1. The number of hydrogen-bond donors (Lipinski definition) is 2. The van der Waals surface area contributed by atoms with Crippen molar-refractivity contribution in [3.05, 3.63) is 65.7 Å². The molecule has 0 aliphatic heterocycles. The Morgan fingerprint density at radius 2 is 1.74 bits per heavy atom. The number of amides is 2. The summed E-state index contributed by atoms with van der Waals surface area (Å²) in [6.07, 6.45) is 0. The molecular formula is C14H12F2N2O. The van der Waals surface area contributed by atoms with E-state index in [0.717, 1.165) is 0 Å². The van der Waals surface area contributed by atoms with Crippen molar-refractivity contribution in [2.24, 2.45) is 0 Å². The lowest BCUT2D eigenvalue weighted by molar-refractivity contribution is 0.251. The Balaban J connectivity index is 1.86. The molecule has 2 rings (SSSR count). The smallest absolute Gasteiger partial charge is 0.319 e. The molecule has 0 saturated heterocycles. The van der Waals surface area contributed by atoms with E-state index in [2.05, 4.69) is 10.6 Å². The molecule has 0 unspecified atom stereocenters. The zero-order valence-electron chi connectivity index (χ0n) is 9.99. The average Bonchev–Trinajstić information content (AvgIpc) is 2.39. The van der Waals surface area contributed by atoms with E-state index in [1.807, 2.05) is 0 Å². The van der Waals surface area contributed by atoms with Gasteiger partial charge in [-0.25, -0.2) is 13.6 Å². The fourth-order valence-corrected chi connectivity index (χ4v) is 1.54. The maximum absolute atomic E-state index is 12.9. The van der Waals surface area contributed by atoms with Gasteiger partial charge in [0.05, 0.1) is 0 Å². The average molecular weight is 262 g/mol. The highest BCUT2D eigenvalue weighted by Crippen LogP contribution is 2.08. The van der Waals surface area contributed by atoms with Crippen molar-refractivity contribution in [2.75, 3.05) is 5.32 Å². The van der Waals surface area contributed by atoms with Gasteiger partial charge >= 0.3 is 6.03 Å². The number of benzene rings is 2. The highest BCUT2D eigenvalue weighted by Gasteiger charge is 2.02. The third-order valence-corrected chi connectivity index (χ3v) is 2.44. The van der Waals surface area contributed by atoms with Gasteiger partial charge in [-0.3, -0.25) is 0 Å². The van der Waals surface area contributed by atoms with Crippen LogP contribution < -0.4 is 10.6 Å². The lowest BCUT2D eigenvalue weighted by atomic mass is 10.2. The van der Waals surface area contributed by atoms with Crippen molar-refractivity contribution in [2.45, 2.75) is 6.54 Å². The third-order valence-electron chi connectivity index (χ3n) is 2.44. The summed E-state index contributed by atoms with van der Waals surface area (Å²) in [7, 11) is 0. The molecule has 0 spiro atoms. The van der Waals surface area contributed by atoms with Crippen LogP contribution in [0.5, 0.6) is 0 Å². The van der Waals surface area contributed by atoms with Crippen molar-refractivity contribution in [1.82, 2.24) is 5.32 Å². The Kier molecular flexibility index (Phi) is 4.07. The predicted octanol–water partition coefficient (Wildman–Crippen LogP) is 3.29. The monoisotopic (exact) mass is 262 g/mol. The molecule has 0 saturated carbocycles. The minimum atomic E-state index is -0.434. The minimum absolute atomic E-state index is 0.213. The molecule has 98 valence electrons. The summed E-state index contributed by atoms with van der Waals surface area (Å²) in [5.41, 5.74) is 1.15. The van der Waals surface area contributed by atoms with E-state index in [0.29, 0.717) is 11.3 Å². The maximum Gasteiger partial charge on any atom is 0.319 e. The Morgan fingerprint density at radius 1 is 1.00 bits per heavy atom. The standard InChI is InChI=1S/C14H12F2N2O/c15-11-4-6-13(7-5-11)18-14(19)17-9-10-2-1-3-12(16)8-10/h1-8H,9H2,(H2,17,18,19). The minimum Gasteiger partial charge on any atom is -0.334 e. The summed E-state index contributed by atoms with van der Waals surface area (Å²) in [5.74, 6) is -0.719. The van der Waals surface area contributed by atoms with Gasteiger partial charge in [0.25, 0.3) is 0 Å². The van der Waals surface area contributed by atoms with Crippen molar-refractivity contribution in [1.29, 1.82) is 0 Å². The fourth-order valence-electron chi connectivity index (χ4n) is 1.54. The number of anilines is 1. The first kappa shape index (κ1) is 13.0. The van der Waals surface area contributed by atoms with Crippen LogP contribution in [0.15, 0.2) is 48.5 Å². The molecule has 5 heteroatoms. The van der Waals surface area contributed by atoms with E-state index in [4.69, 9.17) is 0 Å². The largest absolute Gasteiger partial charge is 0.334 e. The van der Waals surface area contributed by atoms with Gasteiger partial charge in [-0.05, 0) is 42.0 Å². The van der Waals surface area contributed by atoms with Crippen LogP contribution in [0, 0.1) is 11.6 Å². The highest BCUT2D eigenvalue weighted by molar-refractivity contribution is 5.89. The molecule has 0 atom stereocenters. The van der Waals surface area contributed by atoms with Gasteiger partial charge < -0.3 is 10.6 Å². The summed E-state index contributed by atoms with van der Waals surface area (Å²) in [4.78, 5) is 11.5. The molecule has 0 heterocycles. The summed E-state index contributed by atoms with van der Waals surface area (Å²) in [6.45, 7) is 0.213. The van der Waals surface area contributed by atoms with Gasteiger partial charge in [-0.2, -0.15) is 0 Å². The van der Waals surface area contributed by atoms with Gasteiger partial charge in [0.15, 0.2) is 0 Å². The van der Waals surface area contributed by atoms with Crippen LogP contribution in [-0.4, -0.2) is 6.03 Å². The lowest BCUT2D eigenvalue weighted by Crippen LogP contribution is -2.28. The number of carbonyl (C=O) groups is 1. The SMILES string of the molecule is O=C(NCc1cccc(F)c1)Nc1ccc(F)cc1. The van der Waals surface area contributed by atoms with Crippen LogP contribution in [0.4, 0.5) is 19.3 Å². The summed E-state index contributed by atoms with van der Waals surface area (Å²) in [6, 6.07) is 10.9. The van der Waals surface area contributed by atoms with Gasteiger partial charge in [0, 0.05) is 12.2 Å². The normalized spacial score (nSPS) is 10.0. The zero-order chi connectivity index (χ0) is 13.7. The molecule has 19 heavy (non-hydrogen) atoms. The van der Waals surface area contributed by atoms with Crippen molar-refractivity contribution >= 4 is 11.7 Å². The van der Waals surface area contributed by atoms with Crippen LogP contribution in [0.3, 0.4) is 0 Å². The van der Waals surface area contributed by atoms with E-state index in [1.165, 1.54) is 36.4 Å². The first-order chi connectivity index (χ1) is 9.13. The summed E-state index contributed by atoms with van der Waals surface area (Å²) in [5, 5.41) is 5.12. The highest BCUT2D eigenvalue weighted by atomic mass is 19.1. The molecule has 0 aromatic heterocycles. The van der Waals surface area contributed by atoms with Crippen molar-refractivity contribution in [3.8, 4) is 0 Å². The quantitative estimate of drug-likeness (QED) is 0.875. The molecule has 2 amide bonds. The Labute approximate surface area is 109 Å². The molecule has 3 nitrogen and oxygen atoms in total. The molecule has 0 fully saturated rings. The van der Waals surface area contributed by atoms with Crippen LogP contribution >= 0.6 is 0 Å². The van der Waals surface area contributed by atoms with Gasteiger partial charge in [0.2, 0.25) is 0 Å². The second-order valence-electron chi connectivity index (χ2n) is 3.94. The van der Waals surface area contributed by atoms with E-state index in [9.17, 15) is 13.6 Å². The number of nitrogens with one attached hydrogen (secondary N) is 2. The number of carbonyl (C=O) groups excluding carboxylic acids is 1. The lowest BCUT2D eigenvalue weighted by Gasteiger charge is -2.07. The first-order valence-electron chi connectivity index (χ1n) is 5.68. The molecule has 0 bridgehead atoms. The summed E-state index contributed by atoms with van der Waals surface area (Å²) >= 11 is 0. The third kappa shape index (κ3) is 4.06. The molecular weight excluding hydrogens is 250 g/mol. The second kappa shape index (κ2) is 5.95. The van der Waals surface area contributed by atoms with E-state index >= 15 is 0 Å². The van der Waals surface area contributed by atoms with E-state index < -0.39 is 6.03 Å². The molecule has 2 aromatic rings. The van der Waals surface area contributed by atoms with Crippen LogP contribution in [0.25, 0.3) is 0 Å². The van der Waals surface area contributed by atoms with Crippen LogP contribution in [0.2, 0.25) is 0 Å². The van der Waals surface area contributed by atoms with Crippen molar-refractivity contribution in [3.63, 3.8) is 0 Å². The van der Waals surface area contributed by atoms with Crippen molar-refractivity contribution < 1.29 is 13.6 Å². The Bertz CT molecular complexity index is 570. The second-order valence-corrected chi connectivity index (χ2v) is 3.94. The van der Waals surface area contributed by atoms with Crippen LogP contribution in [0.1, 0.15) is 5.56 Å². The fraction of sp³-hybridized carbons (Fsp3) is 0.0714. The number of halogens is 2. The predicted molar refractivity (Wildman–Crippen MR) is 68.7 cm³/mol. The Hall–Kier alpha value is -2.43.